The van der Waals surface area contributed by atoms with Gasteiger partial charge in [-0.15, -0.1) is 0 Å². The molecule has 0 bridgehead atoms. The van der Waals surface area contributed by atoms with Crippen LogP contribution in [0, 0.1) is 0 Å². The summed E-state index contributed by atoms with van der Waals surface area (Å²) in [5.41, 5.74) is 14.5. The molecule has 17 heavy (non-hydrogen) atoms. The standard InChI is InChI=1S/C14H25N3/c1-3-9-17(4-2)10-5-6-12-11-13(15)7-8-14(12)16/h7-8,11H,3-6,9-10,15-16H2,1-2H3. The minimum Gasteiger partial charge on any atom is -0.399 e. The third-order valence-corrected chi connectivity index (χ3v) is 3.07. The predicted molar refractivity (Wildman–Crippen MR) is 76.0 cm³/mol. The maximum atomic E-state index is 5.93. The molecule has 0 aliphatic carbocycles. The minimum absolute atomic E-state index is 0.801. The van der Waals surface area contributed by atoms with Crippen LogP contribution in [0.5, 0.6) is 0 Å². The summed E-state index contributed by atoms with van der Waals surface area (Å²) in [6.45, 7) is 7.88. The average molecular weight is 235 g/mol. The molecule has 0 amide bonds. The SMILES string of the molecule is CCCN(CC)CCCc1cc(N)ccc1N. The van der Waals surface area contributed by atoms with Crippen LogP contribution in [-0.2, 0) is 6.42 Å². The topological polar surface area (TPSA) is 55.3 Å². The Kier molecular flexibility index (Phi) is 5.84. The molecule has 1 rings (SSSR count). The lowest BCUT2D eigenvalue weighted by Crippen LogP contribution is -2.25. The first-order valence-corrected chi connectivity index (χ1v) is 6.53. The highest BCUT2D eigenvalue weighted by molar-refractivity contribution is 5.55. The maximum Gasteiger partial charge on any atom is 0.0348 e. The molecule has 0 saturated heterocycles. The molecule has 0 atom stereocenters. The van der Waals surface area contributed by atoms with Crippen molar-refractivity contribution in [2.45, 2.75) is 33.1 Å². The second-order valence-electron chi connectivity index (χ2n) is 4.50. The van der Waals surface area contributed by atoms with Gasteiger partial charge in [0.1, 0.15) is 0 Å². The highest BCUT2D eigenvalue weighted by atomic mass is 15.1. The number of nitrogens with zero attached hydrogens (tertiary/aromatic N) is 1. The molecular formula is C14H25N3. The van der Waals surface area contributed by atoms with Crippen molar-refractivity contribution in [2.24, 2.45) is 0 Å². The second-order valence-corrected chi connectivity index (χ2v) is 4.50. The van der Waals surface area contributed by atoms with Gasteiger partial charge >= 0.3 is 0 Å². The van der Waals surface area contributed by atoms with E-state index >= 15 is 0 Å². The number of benzene rings is 1. The van der Waals surface area contributed by atoms with Gasteiger partial charge in [-0.2, -0.15) is 0 Å². The fourth-order valence-electron chi connectivity index (χ4n) is 2.08. The van der Waals surface area contributed by atoms with E-state index in [0.717, 1.165) is 37.3 Å². The van der Waals surface area contributed by atoms with Crippen LogP contribution in [0.25, 0.3) is 0 Å². The van der Waals surface area contributed by atoms with Crippen LogP contribution in [0.1, 0.15) is 32.3 Å². The first-order chi connectivity index (χ1) is 8.17. The molecule has 0 unspecified atom stereocenters. The number of nitrogens with two attached hydrogens (primary N) is 2. The number of rotatable bonds is 7. The first-order valence-electron chi connectivity index (χ1n) is 6.53. The third-order valence-electron chi connectivity index (χ3n) is 3.07. The van der Waals surface area contributed by atoms with E-state index in [-0.39, 0.29) is 0 Å². The van der Waals surface area contributed by atoms with Crippen molar-refractivity contribution in [1.82, 2.24) is 4.90 Å². The molecule has 0 spiro atoms. The van der Waals surface area contributed by atoms with E-state index in [4.69, 9.17) is 11.5 Å². The molecule has 0 radical (unpaired) electrons. The Morgan fingerprint density at radius 3 is 2.53 bits per heavy atom. The van der Waals surface area contributed by atoms with Gasteiger partial charge in [-0.1, -0.05) is 13.8 Å². The Balaban J connectivity index is 2.42. The summed E-state index contributed by atoms with van der Waals surface area (Å²) in [4.78, 5) is 2.47. The van der Waals surface area contributed by atoms with E-state index in [1.54, 1.807) is 0 Å². The first kappa shape index (κ1) is 13.8. The average Bonchev–Trinajstić information content (AvgIpc) is 2.32. The van der Waals surface area contributed by atoms with Gasteiger partial charge in [0.25, 0.3) is 0 Å². The van der Waals surface area contributed by atoms with Crippen LogP contribution in [0.2, 0.25) is 0 Å². The lowest BCUT2D eigenvalue weighted by atomic mass is 10.1. The highest BCUT2D eigenvalue weighted by Crippen LogP contribution is 2.17. The van der Waals surface area contributed by atoms with Crippen LogP contribution < -0.4 is 11.5 Å². The number of anilines is 2. The predicted octanol–water partition coefficient (Wildman–Crippen LogP) is 2.52. The Hall–Kier alpha value is -1.22. The van der Waals surface area contributed by atoms with E-state index in [2.05, 4.69) is 18.7 Å². The molecular weight excluding hydrogens is 210 g/mol. The molecule has 0 aliphatic rings. The van der Waals surface area contributed by atoms with Crippen molar-refractivity contribution >= 4 is 11.4 Å². The van der Waals surface area contributed by atoms with E-state index in [1.165, 1.54) is 18.5 Å². The van der Waals surface area contributed by atoms with E-state index in [0.29, 0.717) is 0 Å². The smallest absolute Gasteiger partial charge is 0.0348 e. The van der Waals surface area contributed by atoms with Gasteiger partial charge in [0.05, 0.1) is 0 Å². The van der Waals surface area contributed by atoms with Gasteiger partial charge in [-0.3, -0.25) is 0 Å². The third kappa shape index (κ3) is 4.65. The van der Waals surface area contributed by atoms with Gasteiger partial charge in [0, 0.05) is 11.4 Å². The van der Waals surface area contributed by atoms with Gasteiger partial charge < -0.3 is 16.4 Å². The van der Waals surface area contributed by atoms with Gasteiger partial charge in [-0.05, 0) is 62.7 Å². The summed E-state index contributed by atoms with van der Waals surface area (Å²) in [5.74, 6) is 0. The van der Waals surface area contributed by atoms with Crippen molar-refractivity contribution in [2.75, 3.05) is 31.1 Å². The van der Waals surface area contributed by atoms with Crippen LogP contribution >= 0.6 is 0 Å². The molecule has 0 aromatic heterocycles. The molecule has 96 valence electrons. The van der Waals surface area contributed by atoms with Gasteiger partial charge in [0.2, 0.25) is 0 Å². The van der Waals surface area contributed by atoms with Crippen molar-refractivity contribution in [3.63, 3.8) is 0 Å². The molecule has 0 fully saturated rings. The lowest BCUT2D eigenvalue weighted by molar-refractivity contribution is 0.285. The Morgan fingerprint density at radius 1 is 1.12 bits per heavy atom. The zero-order valence-corrected chi connectivity index (χ0v) is 11.1. The van der Waals surface area contributed by atoms with Gasteiger partial charge in [-0.25, -0.2) is 0 Å². The lowest BCUT2D eigenvalue weighted by Gasteiger charge is -2.19. The number of hydrogen-bond acceptors (Lipinski definition) is 3. The van der Waals surface area contributed by atoms with Crippen molar-refractivity contribution < 1.29 is 0 Å². The Bertz CT molecular complexity index is 336. The monoisotopic (exact) mass is 235 g/mol. The van der Waals surface area contributed by atoms with Crippen LogP contribution in [0.15, 0.2) is 18.2 Å². The highest BCUT2D eigenvalue weighted by Gasteiger charge is 2.03. The van der Waals surface area contributed by atoms with Crippen molar-refractivity contribution in [3.8, 4) is 0 Å². The van der Waals surface area contributed by atoms with Gasteiger partial charge in [0.15, 0.2) is 0 Å². The molecule has 3 nitrogen and oxygen atoms in total. The fraction of sp³-hybridized carbons (Fsp3) is 0.571. The Labute approximate surface area is 105 Å². The van der Waals surface area contributed by atoms with E-state index in [1.807, 2.05) is 18.2 Å². The second kappa shape index (κ2) is 7.17. The molecule has 0 aliphatic heterocycles. The summed E-state index contributed by atoms with van der Waals surface area (Å²) < 4.78 is 0. The van der Waals surface area contributed by atoms with Crippen molar-refractivity contribution in [1.29, 1.82) is 0 Å². The van der Waals surface area contributed by atoms with Crippen LogP contribution in [0.4, 0.5) is 11.4 Å². The summed E-state index contributed by atoms with van der Waals surface area (Å²) in [6, 6.07) is 5.74. The largest absolute Gasteiger partial charge is 0.399 e. The fourth-order valence-corrected chi connectivity index (χ4v) is 2.08. The normalized spacial score (nSPS) is 11.0. The zero-order chi connectivity index (χ0) is 12.7. The summed E-state index contributed by atoms with van der Waals surface area (Å²) in [7, 11) is 0. The van der Waals surface area contributed by atoms with Crippen LogP contribution in [-0.4, -0.2) is 24.5 Å². The number of aryl methyl sites for hydroxylation is 1. The minimum atomic E-state index is 0.801. The molecule has 1 aromatic carbocycles. The summed E-state index contributed by atoms with van der Waals surface area (Å²) in [6.07, 6.45) is 3.37. The Morgan fingerprint density at radius 2 is 1.88 bits per heavy atom. The molecule has 0 saturated carbocycles. The number of hydrogen-bond donors (Lipinski definition) is 2. The zero-order valence-electron chi connectivity index (χ0n) is 11.1. The van der Waals surface area contributed by atoms with E-state index in [9.17, 15) is 0 Å². The maximum absolute atomic E-state index is 5.93. The van der Waals surface area contributed by atoms with E-state index < -0.39 is 0 Å². The molecule has 1 aromatic rings. The quantitative estimate of drug-likeness (QED) is 0.714. The molecule has 4 N–H and O–H groups in total. The molecule has 3 heteroatoms. The molecule has 0 heterocycles. The summed E-state index contributed by atoms with van der Waals surface area (Å²) in [5, 5.41) is 0. The summed E-state index contributed by atoms with van der Waals surface area (Å²) >= 11 is 0. The number of nitrogen functional groups attached to an aromatic ring is 2. The van der Waals surface area contributed by atoms with Crippen LogP contribution in [0.3, 0.4) is 0 Å². The van der Waals surface area contributed by atoms with Crippen molar-refractivity contribution in [3.05, 3.63) is 23.8 Å².